The van der Waals surface area contributed by atoms with Gasteiger partial charge in [0.1, 0.15) is 0 Å². The van der Waals surface area contributed by atoms with Gasteiger partial charge in [-0.3, -0.25) is 0 Å². The number of H-pyrrole nitrogens is 1. The van der Waals surface area contributed by atoms with Crippen LogP contribution in [-0.4, -0.2) is 30.5 Å². The summed E-state index contributed by atoms with van der Waals surface area (Å²) >= 11 is 0. The van der Waals surface area contributed by atoms with E-state index < -0.39 is 0 Å². The standard InChI is InChI=1S/C12H17N3/c1-15(2)6-5-9-8-14-12-4-3-10(13)7-11(9)12/h3-4,7-8,14H,5-6,13H2,1-2H3. The smallest absolute Gasteiger partial charge is 0.0458 e. The highest BCUT2D eigenvalue weighted by Crippen LogP contribution is 2.21. The highest BCUT2D eigenvalue weighted by atomic mass is 15.0. The minimum atomic E-state index is 0.827. The lowest BCUT2D eigenvalue weighted by atomic mass is 10.1. The van der Waals surface area contributed by atoms with Gasteiger partial charge in [0, 0.05) is 29.3 Å². The summed E-state index contributed by atoms with van der Waals surface area (Å²) in [6.45, 7) is 1.06. The Morgan fingerprint density at radius 1 is 1.33 bits per heavy atom. The molecule has 0 fully saturated rings. The summed E-state index contributed by atoms with van der Waals surface area (Å²) in [4.78, 5) is 5.45. The molecule has 2 aromatic rings. The third-order valence-electron chi connectivity index (χ3n) is 2.62. The molecule has 1 aromatic carbocycles. The number of aromatic amines is 1. The molecule has 2 rings (SSSR count). The molecule has 0 bridgehead atoms. The second-order valence-electron chi connectivity index (χ2n) is 4.17. The van der Waals surface area contributed by atoms with Crippen molar-refractivity contribution >= 4 is 16.6 Å². The number of nitrogen functional groups attached to an aromatic ring is 1. The normalized spacial score (nSPS) is 11.4. The Morgan fingerprint density at radius 2 is 2.13 bits per heavy atom. The molecule has 3 N–H and O–H groups in total. The average molecular weight is 203 g/mol. The fraction of sp³-hybridized carbons (Fsp3) is 0.333. The number of likely N-dealkylation sites (N-methyl/N-ethyl adjacent to an activating group) is 1. The predicted molar refractivity (Wildman–Crippen MR) is 65.0 cm³/mol. The first kappa shape index (κ1) is 10.1. The summed E-state index contributed by atoms with van der Waals surface area (Å²) < 4.78 is 0. The lowest BCUT2D eigenvalue weighted by molar-refractivity contribution is 0.414. The molecule has 80 valence electrons. The third kappa shape index (κ3) is 2.13. The fourth-order valence-corrected chi connectivity index (χ4v) is 1.75. The van der Waals surface area contributed by atoms with Crippen molar-refractivity contribution in [3.05, 3.63) is 30.0 Å². The molecule has 0 aliphatic heterocycles. The number of rotatable bonds is 3. The SMILES string of the molecule is CN(C)CCc1c[nH]c2ccc(N)cc12. The second kappa shape index (κ2) is 3.95. The van der Waals surface area contributed by atoms with Crippen molar-refractivity contribution in [3.8, 4) is 0 Å². The summed E-state index contributed by atoms with van der Waals surface area (Å²) in [5, 5.41) is 1.25. The van der Waals surface area contributed by atoms with E-state index in [2.05, 4.69) is 30.2 Å². The van der Waals surface area contributed by atoms with Crippen molar-refractivity contribution in [3.63, 3.8) is 0 Å². The zero-order valence-electron chi connectivity index (χ0n) is 9.25. The molecule has 0 unspecified atom stereocenters. The van der Waals surface area contributed by atoms with Crippen LogP contribution in [0, 0.1) is 0 Å². The first-order valence-corrected chi connectivity index (χ1v) is 5.17. The number of nitrogens with two attached hydrogens (primary N) is 1. The van der Waals surface area contributed by atoms with Crippen LogP contribution in [0.2, 0.25) is 0 Å². The molecular formula is C12H17N3. The Kier molecular flexibility index (Phi) is 2.64. The van der Waals surface area contributed by atoms with Crippen molar-refractivity contribution < 1.29 is 0 Å². The molecule has 0 radical (unpaired) electrons. The highest BCUT2D eigenvalue weighted by molar-refractivity contribution is 5.86. The molecule has 3 heteroatoms. The summed E-state index contributed by atoms with van der Waals surface area (Å²) in [5.74, 6) is 0. The van der Waals surface area contributed by atoms with E-state index in [-0.39, 0.29) is 0 Å². The molecule has 0 amide bonds. The number of hydrogen-bond donors (Lipinski definition) is 2. The molecule has 1 heterocycles. The van der Waals surface area contributed by atoms with E-state index in [4.69, 9.17) is 5.73 Å². The highest BCUT2D eigenvalue weighted by Gasteiger charge is 2.03. The van der Waals surface area contributed by atoms with E-state index in [1.165, 1.54) is 10.9 Å². The van der Waals surface area contributed by atoms with Gasteiger partial charge in [-0.25, -0.2) is 0 Å². The second-order valence-corrected chi connectivity index (χ2v) is 4.17. The van der Waals surface area contributed by atoms with E-state index in [9.17, 15) is 0 Å². The third-order valence-corrected chi connectivity index (χ3v) is 2.62. The van der Waals surface area contributed by atoms with Gasteiger partial charge in [-0.05, 0) is 44.3 Å². The summed E-state index contributed by atoms with van der Waals surface area (Å²) in [7, 11) is 4.17. The van der Waals surface area contributed by atoms with Crippen LogP contribution in [0.4, 0.5) is 5.69 Å². The molecule has 0 saturated heterocycles. The lowest BCUT2D eigenvalue weighted by Gasteiger charge is -2.08. The minimum absolute atomic E-state index is 0.827. The van der Waals surface area contributed by atoms with Gasteiger partial charge in [0.15, 0.2) is 0 Å². The maximum absolute atomic E-state index is 5.78. The zero-order valence-corrected chi connectivity index (χ0v) is 9.25. The Bertz CT molecular complexity index is 457. The topological polar surface area (TPSA) is 45.0 Å². The van der Waals surface area contributed by atoms with Gasteiger partial charge in [0.2, 0.25) is 0 Å². The number of aromatic nitrogens is 1. The van der Waals surface area contributed by atoms with Crippen molar-refractivity contribution in [1.29, 1.82) is 0 Å². The monoisotopic (exact) mass is 203 g/mol. The van der Waals surface area contributed by atoms with Crippen LogP contribution in [-0.2, 0) is 6.42 Å². The Morgan fingerprint density at radius 3 is 2.87 bits per heavy atom. The zero-order chi connectivity index (χ0) is 10.8. The molecule has 0 spiro atoms. The Hall–Kier alpha value is -1.48. The number of benzene rings is 1. The van der Waals surface area contributed by atoms with Gasteiger partial charge < -0.3 is 15.6 Å². The van der Waals surface area contributed by atoms with E-state index >= 15 is 0 Å². The molecule has 0 aliphatic carbocycles. The Labute approximate surface area is 89.9 Å². The molecule has 3 nitrogen and oxygen atoms in total. The number of nitrogens with one attached hydrogen (secondary N) is 1. The van der Waals surface area contributed by atoms with Crippen molar-refractivity contribution in [1.82, 2.24) is 9.88 Å². The quantitative estimate of drug-likeness (QED) is 0.748. The molecular weight excluding hydrogens is 186 g/mol. The first-order valence-electron chi connectivity index (χ1n) is 5.17. The van der Waals surface area contributed by atoms with Crippen LogP contribution in [0.25, 0.3) is 10.9 Å². The van der Waals surface area contributed by atoms with Gasteiger partial charge in [0.05, 0.1) is 0 Å². The van der Waals surface area contributed by atoms with Crippen LogP contribution in [0.3, 0.4) is 0 Å². The van der Waals surface area contributed by atoms with Crippen LogP contribution in [0.15, 0.2) is 24.4 Å². The van der Waals surface area contributed by atoms with Crippen LogP contribution in [0.1, 0.15) is 5.56 Å². The van der Waals surface area contributed by atoms with Crippen molar-refractivity contribution in [2.75, 3.05) is 26.4 Å². The van der Waals surface area contributed by atoms with Gasteiger partial charge in [-0.1, -0.05) is 0 Å². The summed E-state index contributed by atoms with van der Waals surface area (Å²) in [5.41, 5.74) is 9.11. The van der Waals surface area contributed by atoms with Crippen LogP contribution < -0.4 is 5.73 Å². The maximum Gasteiger partial charge on any atom is 0.0458 e. The summed E-state index contributed by atoms with van der Waals surface area (Å²) in [6.07, 6.45) is 3.13. The van der Waals surface area contributed by atoms with Crippen molar-refractivity contribution in [2.45, 2.75) is 6.42 Å². The first-order chi connectivity index (χ1) is 7.16. The molecule has 0 aliphatic rings. The molecule has 0 atom stereocenters. The number of nitrogens with zero attached hydrogens (tertiary/aromatic N) is 1. The summed E-state index contributed by atoms with van der Waals surface area (Å²) in [6, 6.07) is 6.00. The van der Waals surface area contributed by atoms with Crippen LogP contribution in [0.5, 0.6) is 0 Å². The molecule has 15 heavy (non-hydrogen) atoms. The molecule has 0 saturated carbocycles. The van der Waals surface area contributed by atoms with E-state index in [1.807, 2.05) is 18.2 Å². The largest absolute Gasteiger partial charge is 0.399 e. The van der Waals surface area contributed by atoms with Gasteiger partial charge >= 0.3 is 0 Å². The molecule has 1 aromatic heterocycles. The van der Waals surface area contributed by atoms with E-state index in [1.54, 1.807) is 0 Å². The van der Waals surface area contributed by atoms with Gasteiger partial charge in [-0.15, -0.1) is 0 Å². The predicted octanol–water partition coefficient (Wildman–Crippen LogP) is 1.85. The van der Waals surface area contributed by atoms with Gasteiger partial charge in [0.25, 0.3) is 0 Å². The van der Waals surface area contributed by atoms with Crippen molar-refractivity contribution in [2.24, 2.45) is 0 Å². The number of anilines is 1. The van der Waals surface area contributed by atoms with Gasteiger partial charge in [-0.2, -0.15) is 0 Å². The minimum Gasteiger partial charge on any atom is -0.399 e. The maximum atomic E-state index is 5.78. The fourth-order valence-electron chi connectivity index (χ4n) is 1.75. The lowest BCUT2D eigenvalue weighted by Crippen LogP contribution is -2.14. The van der Waals surface area contributed by atoms with E-state index in [0.717, 1.165) is 24.2 Å². The number of fused-ring (bicyclic) bond motifs is 1. The Balaban J connectivity index is 2.31. The average Bonchev–Trinajstić information content (AvgIpc) is 2.57. The van der Waals surface area contributed by atoms with Crippen LogP contribution >= 0.6 is 0 Å². The number of hydrogen-bond acceptors (Lipinski definition) is 2. The van der Waals surface area contributed by atoms with E-state index in [0.29, 0.717) is 0 Å².